The van der Waals surface area contributed by atoms with Crippen molar-refractivity contribution in [1.29, 1.82) is 0 Å². The van der Waals surface area contributed by atoms with Crippen molar-refractivity contribution in [3.63, 3.8) is 0 Å². The van der Waals surface area contributed by atoms with Gasteiger partial charge < -0.3 is 14.8 Å². The Balaban J connectivity index is 4.05. The average molecular weight is 299 g/mol. The zero-order valence-corrected chi connectivity index (χ0v) is 12.1. The number of hydrogen-bond acceptors (Lipinski definition) is 5. The maximum absolute atomic E-state index is 11.5. The molecule has 0 rings (SSSR count). The van der Waals surface area contributed by atoms with E-state index in [1.54, 1.807) is 0 Å². The highest BCUT2D eigenvalue weighted by atomic mass is 35.5. The van der Waals surface area contributed by atoms with Gasteiger partial charge in [-0.15, -0.1) is 11.6 Å². The van der Waals surface area contributed by atoms with Gasteiger partial charge >= 0.3 is 13.8 Å². The molecule has 2 unspecified atom stereocenters. The van der Waals surface area contributed by atoms with Crippen LogP contribution in [0.15, 0.2) is 0 Å². The number of carbonyl (C=O) groups excluding carboxylic acids is 2. The molecule has 1 N–H and O–H groups in total. The zero-order valence-electron chi connectivity index (χ0n) is 10.5. The number of ether oxygens (including phenoxy) is 2. The van der Waals surface area contributed by atoms with Crippen LogP contribution < -0.4 is 5.32 Å². The van der Waals surface area contributed by atoms with Gasteiger partial charge in [0.25, 0.3) is 0 Å². The van der Waals surface area contributed by atoms with Crippen LogP contribution in [-0.2, 0) is 23.6 Å². The maximum Gasteiger partial charge on any atom is 0.367 e. The second-order valence-corrected chi connectivity index (χ2v) is 5.54. The Morgan fingerprint density at radius 2 is 2.11 bits per heavy atom. The number of rotatable bonds is 9. The van der Waals surface area contributed by atoms with E-state index in [1.165, 1.54) is 14.0 Å². The van der Waals surface area contributed by atoms with Crippen molar-refractivity contribution < 1.29 is 23.6 Å². The fourth-order valence-corrected chi connectivity index (χ4v) is 2.31. The molecule has 0 aromatic carbocycles. The van der Waals surface area contributed by atoms with E-state index in [4.69, 9.17) is 16.3 Å². The summed E-state index contributed by atoms with van der Waals surface area (Å²) in [5.74, 6) is -0.533. The first kappa shape index (κ1) is 17.3. The molecular weight excluding hydrogens is 281 g/mol. The highest BCUT2D eigenvalue weighted by Crippen LogP contribution is 2.22. The first-order valence-corrected chi connectivity index (χ1v) is 7.58. The maximum atomic E-state index is 11.5. The topological polar surface area (TPSA) is 81.7 Å². The van der Waals surface area contributed by atoms with Gasteiger partial charge in [0.15, 0.2) is 6.16 Å². The van der Waals surface area contributed by atoms with Crippen LogP contribution >= 0.6 is 19.4 Å². The number of hydrogen-bond donors (Lipinski definition) is 1. The van der Waals surface area contributed by atoms with E-state index in [0.29, 0.717) is 12.5 Å². The van der Waals surface area contributed by atoms with Gasteiger partial charge in [-0.25, -0.2) is 4.79 Å². The summed E-state index contributed by atoms with van der Waals surface area (Å²) in [5, 5.41) is 2.45. The molecule has 0 heterocycles. The van der Waals surface area contributed by atoms with Gasteiger partial charge in [0.2, 0.25) is 12.3 Å². The minimum Gasteiger partial charge on any atom is -0.467 e. The summed E-state index contributed by atoms with van der Waals surface area (Å²) in [5.41, 5.74) is 0. The van der Waals surface area contributed by atoms with E-state index in [0.717, 1.165) is 0 Å². The van der Waals surface area contributed by atoms with Crippen molar-refractivity contribution in [1.82, 2.24) is 5.32 Å². The van der Waals surface area contributed by atoms with Crippen molar-refractivity contribution in [3.8, 4) is 0 Å². The Morgan fingerprint density at radius 1 is 1.44 bits per heavy atom. The number of amides is 1. The first-order valence-electron chi connectivity index (χ1n) is 5.42. The summed E-state index contributed by atoms with van der Waals surface area (Å²) in [6.07, 6.45) is 0.638. The van der Waals surface area contributed by atoms with Crippen LogP contribution in [0.1, 0.15) is 13.3 Å². The van der Waals surface area contributed by atoms with Gasteiger partial charge in [0.1, 0.15) is 6.04 Å². The summed E-state index contributed by atoms with van der Waals surface area (Å²) in [4.78, 5) is 22.2. The fraction of sp³-hybridized carbons (Fsp3) is 0.800. The van der Waals surface area contributed by atoms with Crippen molar-refractivity contribution in [2.75, 3.05) is 32.1 Å². The zero-order chi connectivity index (χ0) is 14.0. The number of alkyl halides is 1. The van der Waals surface area contributed by atoms with E-state index in [-0.39, 0.29) is 24.8 Å². The summed E-state index contributed by atoms with van der Waals surface area (Å²) in [7, 11) is -0.333. The number of methoxy groups -OCH3 is 1. The number of esters is 1. The molecule has 0 aliphatic rings. The number of halogens is 1. The molecule has 0 radical (unpaired) electrons. The van der Waals surface area contributed by atoms with E-state index in [1.807, 2.05) is 0 Å². The average Bonchev–Trinajstić information content (AvgIpc) is 2.33. The summed E-state index contributed by atoms with van der Waals surface area (Å²) in [6.45, 7) is 1.65. The molecule has 2 atom stereocenters. The standard InChI is InChI=1S/C10H17ClNO5P/c1-8(13)12-9(10(14)16-2)3-6-18(15)7-17-5-4-11/h9H,3-7H2,1-2H3/p+1. The van der Waals surface area contributed by atoms with Crippen LogP contribution in [0.2, 0.25) is 0 Å². The lowest BCUT2D eigenvalue weighted by atomic mass is 10.2. The highest BCUT2D eigenvalue weighted by Gasteiger charge is 2.25. The molecule has 0 aliphatic carbocycles. The molecule has 0 aromatic rings. The molecule has 0 spiro atoms. The molecule has 1 amide bonds. The molecule has 0 saturated heterocycles. The minimum absolute atomic E-state index is 0.107. The van der Waals surface area contributed by atoms with Crippen LogP contribution in [0, 0.1) is 0 Å². The molecule has 0 aliphatic heterocycles. The summed E-state index contributed by atoms with van der Waals surface area (Å²) in [6, 6.07) is -0.764. The van der Waals surface area contributed by atoms with Gasteiger partial charge in [-0.3, -0.25) is 4.79 Å². The largest absolute Gasteiger partial charge is 0.467 e. The van der Waals surface area contributed by atoms with Crippen LogP contribution in [0.5, 0.6) is 0 Å². The molecular formula is C10H18ClNO5P+. The van der Waals surface area contributed by atoms with E-state index < -0.39 is 19.8 Å². The fourth-order valence-electron chi connectivity index (χ4n) is 1.20. The second-order valence-electron chi connectivity index (χ2n) is 3.50. The lowest BCUT2D eigenvalue weighted by molar-refractivity contribution is -0.144. The Bertz CT molecular complexity index is 300. The van der Waals surface area contributed by atoms with Gasteiger partial charge in [-0.2, -0.15) is 0 Å². The summed E-state index contributed by atoms with van der Waals surface area (Å²) >= 11 is 5.40. The van der Waals surface area contributed by atoms with E-state index in [2.05, 4.69) is 10.1 Å². The third-order valence-corrected chi connectivity index (χ3v) is 3.37. The molecule has 0 aromatic heterocycles. The number of carbonyl (C=O) groups is 2. The van der Waals surface area contributed by atoms with Gasteiger partial charge in [0, 0.05) is 19.2 Å². The number of nitrogens with one attached hydrogen (secondary N) is 1. The van der Waals surface area contributed by atoms with Crippen molar-refractivity contribution in [2.24, 2.45) is 0 Å². The monoisotopic (exact) mass is 298 g/mol. The minimum atomic E-state index is -1.57. The molecule has 0 bridgehead atoms. The van der Waals surface area contributed by atoms with Gasteiger partial charge in [0.05, 0.1) is 13.7 Å². The SMILES string of the molecule is COC(=O)C(CC[P+](=O)COCCCl)NC(C)=O. The Morgan fingerprint density at radius 3 is 2.61 bits per heavy atom. The molecule has 104 valence electrons. The van der Waals surface area contributed by atoms with Crippen molar-refractivity contribution in [3.05, 3.63) is 0 Å². The highest BCUT2D eigenvalue weighted by molar-refractivity contribution is 7.44. The lowest BCUT2D eigenvalue weighted by Gasteiger charge is -2.12. The van der Waals surface area contributed by atoms with Crippen molar-refractivity contribution >= 4 is 31.3 Å². The van der Waals surface area contributed by atoms with Gasteiger partial charge in [-0.1, -0.05) is 4.57 Å². The Hall–Kier alpha value is -0.710. The smallest absolute Gasteiger partial charge is 0.367 e. The third-order valence-electron chi connectivity index (χ3n) is 1.99. The van der Waals surface area contributed by atoms with E-state index in [9.17, 15) is 14.2 Å². The van der Waals surface area contributed by atoms with Crippen LogP contribution in [0.3, 0.4) is 0 Å². The predicted octanol–water partition coefficient (Wildman–Crippen LogP) is 1.09. The first-order chi connectivity index (χ1) is 8.51. The Kier molecular flexibility index (Phi) is 9.83. The van der Waals surface area contributed by atoms with Crippen molar-refractivity contribution in [2.45, 2.75) is 19.4 Å². The van der Waals surface area contributed by atoms with Crippen LogP contribution in [-0.4, -0.2) is 50.0 Å². The second kappa shape index (κ2) is 10.2. The summed E-state index contributed by atoms with van der Waals surface area (Å²) < 4.78 is 21.1. The molecule has 0 saturated carbocycles. The molecule has 6 nitrogen and oxygen atoms in total. The molecule has 18 heavy (non-hydrogen) atoms. The van der Waals surface area contributed by atoms with E-state index >= 15 is 0 Å². The quantitative estimate of drug-likeness (QED) is 0.298. The normalized spacial score (nSPS) is 12.7. The Labute approximate surface area is 112 Å². The van der Waals surface area contributed by atoms with Gasteiger partial charge in [-0.05, 0) is 0 Å². The van der Waals surface area contributed by atoms with Crippen LogP contribution in [0.4, 0.5) is 0 Å². The predicted molar refractivity (Wildman–Crippen MR) is 68.3 cm³/mol. The van der Waals surface area contributed by atoms with Crippen LogP contribution in [0.25, 0.3) is 0 Å². The lowest BCUT2D eigenvalue weighted by Crippen LogP contribution is -2.40. The third kappa shape index (κ3) is 8.39. The molecule has 8 heteroatoms. The molecule has 0 fully saturated rings.